The first-order chi connectivity index (χ1) is 9.86. The van der Waals surface area contributed by atoms with Gasteiger partial charge in [0.15, 0.2) is 11.6 Å². The molecular formula is C13H8F4N2O2. The largest absolute Gasteiger partial charge is 0.381 e. The zero-order valence-electron chi connectivity index (χ0n) is 10.4. The molecule has 21 heavy (non-hydrogen) atoms. The van der Waals surface area contributed by atoms with Crippen LogP contribution < -0.4 is 5.32 Å². The zero-order valence-corrected chi connectivity index (χ0v) is 10.4. The Morgan fingerprint density at radius 3 is 2.29 bits per heavy atom. The Hall–Kier alpha value is -2.64. The number of non-ortho nitro benzene ring substituents is 1. The Kier molecular flexibility index (Phi) is 4.06. The Bertz CT molecular complexity index is 707. The number of nitrogens with one attached hydrogen (secondary N) is 1. The lowest BCUT2D eigenvalue weighted by Gasteiger charge is -2.08. The number of hydrogen-bond donors (Lipinski definition) is 1. The van der Waals surface area contributed by atoms with Gasteiger partial charge in [-0.25, -0.2) is 17.6 Å². The van der Waals surface area contributed by atoms with Gasteiger partial charge in [-0.15, -0.1) is 0 Å². The minimum Gasteiger partial charge on any atom is -0.381 e. The van der Waals surface area contributed by atoms with Crippen LogP contribution in [0.15, 0.2) is 30.3 Å². The Balaban J connectivity index is 2.20. The number of nitrogens with zero attached hydrogens (tertiary/aromatic N) is 1. The van der Waals surface area contributed by atoms with E-state index in [4.69, 9.17) is 0 Å². The molecule has 0 amide bonds. The van der Waals surface area contributed by atoms with Gasteiger partial charge < -0.3 is 5.32 Å². The van der Waals surface area contributed by atoms with Gasteiger partial charge in [0.25, 0.3) is 5.69 Å². The standard InChI is InChI=1S/C13H8F4N2O2/c14-8-2-9(4-10(3-8)19(20)21)18-6-7-1-12(16)13(17)5-11(7)15/h1-5,18H,6H2. The van der Waals surface area contributed by atoms with Crippen LogP contribution in [0, 0.1) is 33.4 Å². The van der Waals surface area contributed by atoms with Crippen molar-refractivity contribution >= 4 is 11.4 Å². The van der Waals surface area contributed by atoms with E-state index in [-0.39, 0.29) is 17.8 Å². The van der Waals surface area contributed by atoms with Crippen molar-refractivity contribution in [3.63, 3.8) is 0 Å². The van der Waals surface area contributed by atoms with Gasteiger partial charge in [-0.3, -0.25) is 10.1 Å². The lowest BCUT2D eigenvalue weighted by Crippen LogP contribution is -2.04. The molecule has 0 aliphatic carbocycles. The summed E-state index contributed by atoms with van der Waals surface area (Å²) in [7, 11) is 0. The highest BCUT2D eigenvalue weighted by atomic mass is 19.2. The van der Waals surface area contributed by atoms with Crippen LogP contribution in [0.1, 0.15) is 5.56 Å². The fraction of sp³-hybridized carbons (Fsp3) is 0.0769. The molecular weight excluding hydrogens is 292 g/mol. The van der Waals surface area contributed by atoms with Crippen LogP contribution in [0.5, 0.6) is 0 Å². The van der Waals surface area contributed by atoms with E-state index in [1.165, 1.54) is 0 Å². The van der Waals surface area contributed by atoms with E-state index in [9.17, 15) is 27.7 Å². The molecule has 0 aliphatic rings. The molecule has 0 fully saturated rings. The van der Waals surface area contributed by atoms with E-state index >= 15 is 0 Å². The fourth-order valence-corrected chi connectivity index (χ4v) is 1.68. The van der Waals surface area contributed by atoms with Crippen LogP contribution in [0.2, 0.25) is 0 Å². The SMILES string of the molecule is O=[N+]([O-])c1cc(F)cc(NCc2cc(F)c(F)cc2F)c1. The van der Waals surface area contributed by atoms with Gasteiger partial charge in [0.1, 0.15) is 11.6 Å². The monoisotopic (exact) mass is 300 g/mol. The molecule has 0 saturated carbocycles. The second kappa shape index (κ2) is 5.78. The number of rotatable bonds is 4. The highest BCUT2D eigenvalue weighted by Crippen LogP contribution is 2.21. The van der Waals surface area contributed by atoms with Crippen molar-refractivity contribution < 1.29 is 22.5 Å². The van der Waals surface area contributed by atoms with Crippen molar-refractivity contribution in [3.05, 3.63) is 69.3 Å². The smallest absolute Gasteiger partial charge is 0.274 e. The van der Waals surface area contributed by atoms with Gasteiger partial charge in [0.2, 0.25) is 0 Å². The Morgan fingerprint density at radius 1 is 0.952 bits per heavy atom. The molecule has 2 aromatic rings. The summed E-state index contributed by atoms with van der Waals surface area (Å²) in [5.74, 6) is -4.37. The van der Waals surface area contributed by atoms with Gasteiger partial charge in [-0.05, 0) is 12.1 Å². The predicted molar refractivity (Wildman–Crippen MR) is 66.7 cm³/mol. The van der Waals surface area contributed by atoms with E-state index in [1.54, 1.807) is 0 Å². The lowest BCUT2D eigenvalue weighted by molar-refractivity contribution is -0.385. The summed E-state index contributed by atoms with van der Waals surface area (Å²) in [6, 6.07) is 3.78. The summed E-state index contributed by atoms with van der Waals surface area (Å²) in [5, 5.41) is 13.1. The number of nitro groups is 1. The highest BCUT2D eigenvalue weighted by molar-refractivity contribution is 5.51. The number of halogens is 4. The molecule has 110 valence electrons. The third-order valence-electron chi connectivity index (χ3n) is 2.67. The molecule has 0 aromatic heterocycles. The second-order valence-electron chi connectivity index (χ2n) is 4.17. The van der Waals surface area contributed by atoms with Gasteiger partial charge >= 0.3 is 0 Å². The van der Waals surface area contributed by atoms with Crippen LogP contribution in [0.4, 0.5) is 28.9 Å². The minimum atomic E-state index is -1.32. The highest BCUT2D eigenvalue weighted by Gasteiger charge is 2.12. The molecule has 1 N–H and O–H groups in total. The summed E-state index contributed by atoms with van der Waals surface area (Å²) in [6.07, 6.45) is 0. The van der Waals surface area contributed by atoms with E-state index in [0.717, 1.165) is 18.2 Å². The van der Waals surface area contributed by atoms with E-state index in [0.29, 0.717) is 12.1 Å². The van der Waals surface area contributed by atoms with Crippen molar-refractivity contribution in [2.75, 3.05) is 5.32 Å². The minimum absolute atomic E-state index is 0.0193. The number of benzene rings is 2. The maximum Gasteiger partial charge on any atom is 0.274 e. The molecule has 2 aromatic carbocycles. The summed E-state index contributed by atoms with van der Waals surface area (Å²) in [6.45, 7) is -0.288. The quantitative estimate of drug-likeness (QED) is 0.405. The van der Waals surface area contributed by atoms with E-state index in [2.05, 4.69) is 5.32 Å². The maximum absolute atomic E-state index is 13.4. The molecule has 0 unspecified atom stereocenters. The third-order valence-corrected chi connectivity index (χ3v) is 2.67. The van der Waals surface area contributed by atoms with Crippen molar-refractivity contribution in [2.45, 2.75) is 6.54 Å². The maximum atomic E-state index is 13.4. The average Bonchev–Trinajstić information content (AvgIpc) is 2.40. The van der Waals surface area contributed by atoms with Gasteiger partial charge in [-0.2, -0.15) is 0 Å². The Morgan fingerprint density at radius 2 is 1.62 bits per heavy atom. The first-order valence-corrected chi connectivity index (χ1v) is 5.69. The van der Waals surface area contributed by atoms with Crippen LogP contribution >= 0.6 is 0 Å². The molecule has 0 spiro atoms. The second-order valence-corrected chi connectivity index (χ2v) is 4.17. The fourth-order valence-electron chi connectivity index (χ4n) is 1.68. The lowest BCUT2D eigenvalue weighted by atomic mass is 10.2. The molecule has 0 bridgehead atoms. The van der Waals surface area contributed by atoms with Crippen molar-refractivity contribution in [1.82, 2.24) is 0 Å². The molecule has 0 heterocycles. The molecule has 2 rings (SSSR count). The third kappa shape index (κ3) is 3.47. The number of anilines is 1. The van der Waals surface area contributed by atoms with Crippen molar-refractivity contribution in [3.8, 4) is 0 Å². The van der Waals surface area contributed by atoms with Crippen molar-refractivity contribution in [1.29, 1.82) is 0 Å². The summed E-state index contributed by atoms with van der Waals surface area (Å²) in [5.41, 5.74) is -0.657. The topological polar surface area (TPSA) is 55.2 Å². The predicted octanol–water partition coefficient (Wildman–Crippen LogP) is 3.76. The molecule has 4 nitrogen and oxygen atoms in total. The molecule has 0 atom stereocenters. The van der Waals surface area contributed by atoms with Crippen LogP contribution in [-0.4, -0.2) is 4.92 Å². The number of nitro benzene ring substituents is 1. The molecule has 0 saturated heterocycles. The summed E-state index contributed by atoms with van der Waals surface area (Å²) >= 11 is 0. The van der Waals surface area contributed by atoms with E-state index < -0.39 is 33.9 Å². The number of hydrogen-bond acceptors (Lipinski definition) is 3. The molecule has 0 aliphatic heterocycles. The van der Waals surface area contributed by atoms with Crippen molar-refractivity contribution in [2.24, 2.45) is 0 Å². The average molecular weight is 300 g/mol. The van der Waals surface area contributed by atoms with Gasteiger partial charge in [0, 0.05) is 29.9 Å². The Labute approximate surface area is 116 Å². The summed E-state index contributed by atoms with van der Waals surface area (Å²) in [4.78, 5) is 9.79. The zero-order chi connectivity index (χ0) is 15.6. The summed E-state index contributed by atoms with van der Waals surface area (Å²) < 4.78 is 52.3. The van der Waals surface area contributed by atoms with Gasteiger partial charge in [0.05, 0.1) is 11.0 Å². The normalized spacial score (nSPS) is 10.5. The molecule has 0 radical (unpaired) electrons. The van der Waals surface area contributed by atoms with Crippen LogP contribution in [-0.2, 0) is 6.54 Å². The van der Waals surface area contributed by atoms with Gasteiger partial charge in [-0.1, -0.05) is 0 Å². The first-order valence-electron chi connectivity index (χ1n) is 5.69. The van der Waals surface area contributed by atoms with Crippen LogP contribution in [0.25, 0.3) is 0 Å². The van der Waals surface area contributed by atoms with Crippen LogP contribution in [0.3, 0.4) is 0 Å². The first kappa shape index (κ1) is 14.8. The molecule has 8 heteroatoms. The van der Waals surface area contributed by atoms with E-state index in [1.807, 2.05) is 0 Å².